The highest BCUT2D eigenvalue weighted by atomic mass is 32.1. The average Bonchev–Trinajstić information content (AvgIpc) is 2.73. The van der Waals surface area contributed by atoms with E-state index >= 15 is 0 Å². The van der Waals surface area contributed by atoms with E-state index < -0.39 is 0 Å². The SMILES string of the molecule is NCC#Cc1ccsc1CNC(=O)C1CCCCCC1. The number of rotatable bonds is 3. The number of amides is 1. The Kier molecular flexibility index (Phi) is 6.10. The number of carbonyl (C=O) groups excluding carboxylic acids is 1. The maximum Gasteiger partial charge on any atom is 0.223 e. The first-order valence-corrected chi connectivity index (χ1v) is 8.22. The molecular weight excluding hydrogens is 268 g/mol. The summed E-state index contributed by atoms with van der Waals surface area (Å²) in [6.07, 6.45) is 6.99. The fourth-order valence-corrected chi connectivity index (χ4v) is 3.36. The minimum absolute atomic E-state index is 0.205. The van der Waals surface area contributed by atoms with Gasteiger partial charge < -0.3 is 11.1 Å². The molecule has 0 atom stereocenters. The summed E-state index contributed by atoms with van der Waals surface area (Å²) in [5.74, 6) is 6.32. The van der Waals surface area contributed by atoms with Crippen molar-refractivity contribution in [2.24, 2.45) is 11.7 Å². The number of nitrogens with one attached hydrogen (secondary N) is 1. The Bertz CT molecular complexity index is 490. The Labute approximate surface area is 124 Å². The van der Waals surface area contributed by atoms with Crippen molar-refractivity contribution in [3.63, 3.8) is 0 Å². The van der Waals surface area contributed by atoms with E-state index in [0.717, 1.165) is 23.3 Å². The molecule has 1 aromatic heterocycles. The molecule has 1 amide bonds. The first-order valence-electron chi connectivity index (χ1n) is 7.34. The fraction of sp³-hybridized carbons (Fsp3) is 0.562. The van der Waals surface area contributed by atoms with Crippen molar-refractivity contribution >= 4 is 17.2 Å². The molecule has 1 fully saturated rings. The highest BCUT2D eigenvalue weighted by Crippen LogP contribution is 2.23. The number of thiophene rings is 1. The van der Waals surface area contributed by atoms with E-state index in [4.69, 9.17) is 5.73 Å². The maximum absolute atomic E-state index is 12.2. The molecule has 3 nitrogen and oxygen atoms in total. The second-order valence-corrected chi connectivity index (χ2v) is 6.17. The van der Waals surface area contributed by atoms with Crippen LogP contribution in [0.3, 0.4) is 0 Å². The molecule has 0 spiro atoms. The Hall–Kier alpha value is -1.31. The molecule has 0 saturated heterocycles. The van der Waals surface area contributed by atoms with Gasteiger partial charge in [-0.2, -0.15) is 0 Å². The molecule has 4 heteroatoms. The van der Waals surface area contributed by atoms with Gasteiger partial charge in [0.25, 0.3) is 0 Å². The minimum Gasteiger partial charge on any atom is -0.351 e. The number of hydrogen-bond donors (Lipinski definition) is 2. The van der Waals surface area contributed by atoms with Crippen molar-refractivity contribution in [2.75, 3.05) is 6.54 Å². The normalized spacial score (nSPS) is 16.1. The van der Waals surface area contributed by atoms with Crippen LogP contribution < -0.4 is 11.1 Å². The molecule has 1 saturated carbocycles. The van der Waals surface area contributed by atoms with Crippen molar-refractivity contribution in [3.8, 4) is 11.8 Å². The lowest BCUT2D eigenvalue weighted by atomic mass is 9.99. The van der Waals surface area contributed by atoms with Crippen LogP contribution in [0.15, 0.2) is 11.4 Å². The van der Waals surface area contributed by atoms with E-state index in [1.165, 1.54) is 25.7 Å². The van der Waals surface area contributed by atoms with Gasteiger partial charge in [-0.25, -0.2) is 0 Å². The quantitative estimate of drug-likeness (QED) is 0.664. The van der Waals surface area contributed by atoms with Crippen LogP contribution in [-0.2, 0) is 11.3 Å². The Morgan fingerprint density at radius 2 is 2.10 bits per heavy atom. The molecule has 0 unspecified atom stereocenters. The van der Waals surface area contributed by atoms with E-state index in [9.17, 15) is 4.79 Å². The molecule has 108 valence electrons. The predicted octanol–water partition coefficient (Wildman–Crippen LogP) is 2.64. The number of carbonyl (C=O) groups is 1. The molecule has 1 aromatic rings. The van der Waals surface area contributed by atoms with Crippen LogP contribution in [0.4, 0.5) is 0 Å². The summed E-state index contributed by atoms with van der Waals surface area (Å²) >= 11 is 1.63. The molecule has 20 heavy (non-hydrogen) atoms. The summed E-state index contributed by atoms with van der Waals surface area (Å²) in [6, 6.07) is 1.99. The zero-order valence-electron chi connectivity index (χ0n) is 11.8. The maximum atomic E-state index is 12.2. The average molecular weight is 290 g/mol. The highest BCUT2D eigenvalue weighted by molar-refractivity contribution is 7.10. The smallest absolute Gasteiger partial charge is 0.223 e. The van der Waals surface area contributed by atoms with Gasteiger partial charge in [-0.1, -0.05) is 37.5 Å². The van der Waals surface area contributed by atoms with Gasteiger partial charge in [-0.15, -0.1) is 11.3 Å². The van der Waals surface area contributed by atoms with Crippen LogP contribution in [0.5, 0.6) is 0 Å². The molecule has 1 aliphatic carbocycles. The summed E-state index contributed by atoms with van der Waals surface area (Å²) in [6.45, 7) is 0.950. The van der Waals surface area contributed by atoms with Gasteiger partial charge in [0.2, 0.25) is 5.91 Å². The van der Waals surface area contributed by atoms with E-state index in [2.05, 4.69) is 17.2 Å². The predicted molar refractivity (Wildman–Crippen MR) is 83.3 cm³/mol. The first-order chi connectivity index (χ1) is 9.81. The lowest BCUT2D eigenvalue weighted by Gasteiger charge is -2.13. The van der Waals surface area contributed by atoms with E-state index in [-0.39, 0.29) is 11.8 Å². The molecule has 0 radical (unpaired) electrons. The fourth-order valence-electron chi connectivity index (χ4n) is 2.59. The van der Waals surface area contributed by atoms with Crippen LogP contribution in [0, 0.1) is 17.8 Å². The van der Waals surface area contributed by atoms with Crippen molar-refractivity contribution in [2.45, 2.75) is 45.1 Å². The van der Waals surface area contributed by atoms with Gasteiger partial charge in [0, 0.05) is 16.4 Å². The largest absolute Gasteiger partial charge is 0.351 e. The highest BCUT2D eigenvalue weighted by Gasteiger charge is 2.19. The molecular formula is C16H22N2OS. The summed E-state index contributed by atoms with van der Waals surface area (Å²) in [5.41, 5.74) is 6.38. The summed E-state index contributed by atoms with van der Waals surface area (Å²) in [7, 11) is 0. The Morgan fingerprint density at radius 3 is 2.80 bits per heavy atom. The third-order valence-electron chi connectivity index (χ3n) is 3.72. The van der Waals surface area contributed by atoms with E-state index in [0.29, 0.717) is 13.1 Å². The van der Waals surface area contributed by atoms with Gasteiger partial charge in [-0.3, -0.25) is 4.79 Å². The van der Waals surface area contributed by atoms with Gasteiger partial charge in [0.1, 0.15) is 0 Å². The second kappa shape index (κ2) is 8.08. The van der Waals surface area contributed by atoms with Crippen LogP contribution in [-0.4, -0.2) is 12.5 Å². The van der Waals surface area contributed by atoms with Crippen molar-refractivity contribution in [1.82, 2.24) is 5.32 Å². The third kappa shape index (κ3) is 4.36. The van der Waals surface area contributed by atoms with Crippen molar-refractivity contribution in [3.05, 3.63) is 21.9 Å². The molecule has 0 aliphatic heterocycles. The Morgan fingerprint density at radius 1 is 1.35 bits per heavy atom. The molecule has 1 aliphatic rings. The summed E-state index contributed by atoms with van der Waals surface area (Å²) in [5, 5.41) is 5.08. The van der Waals surface area contributed by atoms with Gasteiger partial charge >= 0.3 is 0 Å². The van der Waals surface area contributed by atoms with Gasteiger partial charge in [0.15, 0.2) is 0 Å². The van der Waals surface area contributed by atoms with Crippen LogP contribution >= 0.6 is 11.3 Å². The number of nitrogens with two attached hydrogens (primary N) is 1. The van der Waals surface area contributed by atoms with E-state index in [1.807, 2.05) is 11.4 Å². The van der Waals surface area contributed by atoms with E-state index in [1.54, 1.807) is 11.3 Å². The zero-order chi connectivity index (χ0) is 14.2. The summed E-state index contributed by atoms with van der Waals surface area (Å²) in [4.78, 5) is 13.3. The molecule has 0 bridgehead atoms. The van der Waals surface area contributed by atoms with Crippen molar-refractivity contribution < 1.29 is 4.79 Å². The molecule has 1 heterocycles. The zero-order valence-corrected chi connectivity index (χ0v) is 12.6. The van der Waals surface area contributed by atoms with Gasteiger partial charge in [0.05, 0.1) is 13.1 Å². The molecule has 2 rings (SSSR count). The van der Waals surface area contributed by atoms with Crippen LogP contribution in [0.25, 0.3) is 0 Å². The lowest BCUT2D eigenvalue weighted by molar-refractivity contribution is -0.125. The van der Waals surface area contributed by atoms with Crippen LogP contribution in [0.1, 0.15) is 49.0 Å². The third-order valence-corrected chi connectivity index (χ3v) is 4.64. The lowest BCUT2D eigenvalue weighted by Crippen LogP contribution is -2.29. The number of hydrogen-bond acceptors (Lipinski definition) is 3. The van der Waals surface area contributed by atoms with Crippen LogP contribution in [0.2, 0.25) is 0 Å². The standard InChI is InChI=1S/C16H22N2OS/c17-10-5-8-13-9-11-20-15(13)12-18-16(19)14-6-3-1-2-4-7-14/h9,11,14H,1-4,6-7,10,12,17H2,(H,18,19). The first kappa shape index (κ1) is 15.1. The topological polar surface area (TPSA) is 55.1 Å². The summed E-state index contributed by atoms with van der Waals surface area (Å²) < 4.78 is 0. The Balaban J connectivity index is 1.88. The van der Waals surface area contributed by atoms with Gasteiger partial charge in [-0.05, 0) is 24.3 Å². The second-order valence-electron chi connectivity index (χ2n) is 5.17. The molecule has 3 N–H and O–H groups in total. The van der Waals surface area contributed by atoms with Crippen molar-refractivity contribution in [1.29, 1.82) is 0 Å². The molecule has 0 aromatic carbocycles. The monoisotopic (exact) mass is 290 g/mol. The minimum atomic E-state index is 0.205.